The van der Waals surface area contributed by atoms with E-state index in [9.17, 15) is 4.79 Å². The number of carbonyl (C=O) groups excluding carboxylic acids is 1. The summed E-state index contributed by atoms with van der Waals surface area (Å²) < 4.78 is 1.88. The van der Waals surface area contributed by atoms with Gasteiger partial charge in [0.1, 0.15) is 0 Å². The number of hydrogen-bond acceptors (Lipinski definition) is 4. The molecule has 0 unspecified atom stereocenters. The molecule has 1 aromatic heterocycles. The van der Waals surface area contributed by atoms with Crippen LogP contribution in [0.1, 0.15) is 55.1 Å². The van der Waals surface area contributed by atoms with Gasteiger partial charge in [-0.15, -0.1) is 5.10 Å². The Labute approximate surface area is 118 Å². The van der Waals surface area contributed by atoms with E-state index in [-0.39, 0.29) is 5.91 Å². The largest absolute Gasteiger partial charge is 0.350 e. The smallest absolute Gasteiger partial charge is 0.273 e. The predicted molar refractivity (Wildman–Crippen MR) is 77.5 cm³/mol. The lowest BCUT2D eigenvalue weighted by atomic mass is 10.1. The lowest BCUT2D eigenvalue weighted by molar-refractivity contribution is 0.0951. The predicted octanol–water partition coefficient (Wildman–Crippen LogP) is 2.27. The van der Waals surface area contributed by atoms with Crippen LogP contribution in [-0.2, 0) is 0 Å². The van der Waals surface area contributed by atoms with Crippen molar-refractivity contribution in [2.24, 2.45) is 0 Å². The Morgan fingerprint density at radius 3 is 2.84 bits per heavy atom. The Balaban J connectivity index is 1.91. The molecule has 6 heteroatoms. The third-order valence-electron chi connectivity index (χ3n) is 3.53. The Kier molecular flexibility index (Phi) is 5.69. The highest BCUT2D eigenvalue weighted by Gasteiger charge is 2.17. The summed E-state index contributed by atoms with van der Waals surface area (Å²) in [4.78, 5) is 11.8. The molecule has 0 bridgehead atoms. The molecule has 1 N–H and O–H groups in total. The molecule has 1 aromatic rings. The molecular weight excluding hydrogens is 260 g/mol. The maximum absolute atomic E-state index is 11.8. The van der Waals surface area contributed by atoms with Crippen molar-refractivity contribution in [1.82, 2.24) is 20.3 Å². The molecule has 1 saturated carbocycles. The molecule has 5 nitrogen and oxygen atoms in total. The fourth-order valence-electron chi connectivity index (χ4n) is 2.44. The minimum absolute atomic E-state index is 0.117. The lowest BCUT2D eigenvalue weighted by Gasteiger charge is -2.12. The van der Waals surface area contributed by atoms with Crippen molar-refractivity contribution in [3.8, 4) is 0 Å². The van der Waals surface area contributed by atoms with Crippen LogP contribution in [-0.4, -0.2) is 39.5 Å². The highest BCUT2D eigenvalue weighted by molar-refractivity contribution is 7.98. The molecule has 2 rings (SSSR count). The van der Waals surface area contributed by atoms with Gasteiger partial charge in [-0.1, -0.05) is 30.9 Å². The lowest BCUT2D eigenvalue weighted by Crippen LogP contribution is -2.26. The second-order valence-electron chi connectivity index (χ2n) is 4.98. The summed E-state index contributed by atoms with van der Waals surface area (Å²) in [7, 11) is 0. The van der Waals surface area contributed by atoms with Gasteiger partial charge in [0.25, 0.3) is 5.91 Å². The van der Waals surface area contributed by atoms with Gasteiger partial charge >= 0.3 is 0 Å². The molecule has 0 atom stereocenters. The Morgan fingerprint density at radius 1 is 1.42 bits per heavy atom. The number of amides is 1. The number of aromatic nitrogens is 3. The molecule has 0 spiro atoms. The van der Waals surface area contributed by atoms with Crippen LogP contribution >= 0.6 is 11.8 Å². The molecule has 106 valence electrons. The van der Waals surface area contributed by atoms with Crippen molar-refractivity contribution in [3.05, 3.63) is 11.9 Å². The van der Waals surface area contributed by atoms with E-state index in [0.717, 1.165) is 18.6 Å². The Hall–Kier alpha value is -1.04. The number of carbonyl (C=O) groups is 1. The van der Waals surface area contributed by atoms with Crippen molar-refractivity contribution >= 4 is 17.7 Å². The molecule has 1 fully saturated rings. The summed E-state index contributed by atoms with van der Waals surface area (Å²) in [6.07, 6.45) is 11.2. The van der Waals surface area contributed by atoms with Crippen molar-refractivity contribution < 1.29 is 4.79 Å². The molecule has 1 heterocycles. The quantitative estimate of drug-likeness (QED) is 0.665. The van der Waals surface area contributed by atoms with Gasteiger partial charge in [-0.2, -0.15) is 11.8 Å². The molecule has 19 heavy (non-hydrogen) atoms. The second-order valence-corrected chi connectivity index (χ2v) is 5.96. The van der Waals surface area contributed by atoms with Crippen LogP contribution < -0.4 is 5.32 Å². The Morgan fingerprint density at radius 2 is 2.16 bits per heavy atom. The normalized spacial score (nSPS) is 17.1. The Bertz CT molecular complexity index is 399. The summed E-state index contributed by atoms with van der Waals surface area (Å²) in [6, 6.07) is 0.419. The molecular formula is C13H22N4OS. The molecule has 0 aromatic carbocycles. The monoisotopic (exact) mass is 282 g/mol. The molecule has 0 aliphatic heterocycles. The van der Waals surface area contributed by atoms with Gasteiger partial charge in [-0.25, -0.2) is 4.68 Å². The molecule has 1 aliphatic rings. The van der Waals surface area contributed by atoms with E-state index in [1.165, 1.54) is 25.7 Å². The van der Waals surface area contributed by atoms with Crippen LogP contribution in [0.4, 0.5) is 0 Å². The summed E-state index contributed by atoms with van der Waals surface area (Å²) in [5.41, 5.74) is 0.436. The minimum Gasteiger partial charge on any atom is -0.350 e. The average Bonchev–Trinajstić information content (AvgIpc) is 2.75. The number of hydrogen-bond donors (Lipinski definition) is 1. The fourth-order valence-corrected chi connectivity index (χ4v) is 2.74. The molecule has 1 amide bonds. The standard InChI is InChI=1S/C13H22N4OS/c1-19-9-8-14-13(18)12-10-17(16-15-12)11-6-4-2-3-5-7-11/h10-11H,2-9H2,1H3,(H,14,18). The van der Waals surface area contributed by atoms with Crippen LogP contribution in [0.25, 0.3) is 0 Å². The van der Waals surface area contributed by atoms with Gasteiger partial charge < -0.3 is 5.32 Å². The van der Waals surface area contributed by atoms with E-state index >= 15 is 0 Å². The number of nitrogens with zero attached hydrogens (tertiary/aromatic N) is 3. The molecule has 0 radical (unpaired) electrons. The summed E-state index contributed by atoms with van der Waals surface area (Å²) >= 11 is 1.71. The summed E-state index contributed by atoms with van der Waals surface area (Å²) in [5.74, 6) is 0.802. The first kappa shape index (κ1) is 14.4. The zero-order valence-electron chi connectivity index (χ0n) is 11.5. The van der Waals surface area contributed by atoms with Gasteiger partial charge in [0.05, 0.1) is 12.2 Å². The van der Waals surface area contributed by atoms with Crippen LogP contribution in [0.2, 0.25) is 0 Å². The highest BCUT2D eigenvalue weighted by atomic mass is 32.2. The van der Waals surface area contributed by atoms with Crippen molar-refractivity contribution in [2.45, 2.75) is 44.6 Å². The first-order valence-corrected chi connectivity index (χ1v) is 8.39. The van der Waals surface area contributed by atoms with E-state index in [2.05, 4.69) is 15.6 Å². The van der Waals surface area contributed by atoms with Gasteiger partial charge in [0, 0.05) is 12.3 Å². The zero-order chi connectivity index (χ0) is 13.5. The third kappa shape index (κ3) is 4.23. The number of rotatable bonds is 5. The zero-order valence-corrected chi connectivity index (χ0v) is 12.3. The number of thioether (sulfide) groups is 1. The van der Waals surface area contributed by atoms with Crippen LogP contribution in [0.5, 0.6) is 0 Å². The van der Waals surface area contributed by atoms with E-state index in [0.29, 0.717) is 18.3 Å². The minimum atomic E-state index is -0.117. The SMILES string of the molecule is CSCCNC(=O)c1cn(C2CCCCCC2)nn1. The van der Waals surface area contributed by atoms with Crippen molar-refractivity contribution in [3.63, 3.8) is 0 Å². The maximum atomic E-state index is 11.8. The summed E-state index contributed by atoms with van der Waals surface area (Å²) in [5, 5.41) is 11.0. The first-order chi connectivity index (χ1) is 9.31. The maximum Gasteiger partial charge on any atom is 0.273 e. The highest BCUT2D eigenvalue weighted by Crippen LogP contribution is 2.26. The van der Waals surface area contributed by atoms with Crippen LogP contribution in [0.15, 0.2) is 6.20 Å². The van der Waals surface area contributed by atoms with E-state index < -0.39 is 0 Å². The topological polar surface area (TPSA) is 59.8 Å². The summed E-state index contributed by atoms with van der Waals surface area (Å²) in [6.45, 7) is 0.677. The number of nitrogens with one attached hydrogen (secondary N) is 1. The third-order valence-corrected chi connectivity index (χ3v) is 4.15. The van der Waals surface area contributed by atoms with Gasteiger partial charge in [-0.05, 0) is 19.1 Å². The van der Waals surface area contributed by atoms with Crippen LogP contribution in [0, 0.1) is 0 Å². The van der Waals surface area contributed by atoms with Crippen LogP contribution in [0.3, 0.4) is 0 Å². The first-order valence-electron chi connectivity index (χ1n) is 7.00. The van der Waals surface area contributed by atoms with Crippen molar-refractivity contribution in [1.29, 1.82) is 0 Å². The van der Waals surface area contributed by atoms with E-state index in [1.807, 2.05) is 10.9 Å². The van der Waals surface area contributed by atoms with Gasteiger partial charge in [-0.3, -0.25) is 4.79 Å². The molecule has 0 saturated heterocycles. The average molecular weight is 282 g/mol. The molecule has 1 aliphatic carbocycles. The van der Waals surface area contributed by atoms with E-state index in [4.69, 9.17) is 0 Å². The van der Waals surface area contributed by atoms with Crippen molar-refractivity contribution in [2.75, 3.05) is 18.6 Å². The van der Waals surface area contributed by atoms with E-state index in [1.54, 1.807) is 18.0 Å². The second kappa shape index (κ2) is 7.53. The van der Waals surface area contributed by atoms with Gasteiger partial charge in [0.2, 0.25) is 0 Å². The van der Waals surface area contributed by atoms with Gasteiger partial charge in [0.15, 0.2) is 5.69 Å². The fraction of sp³-hybridized carbons (Fsp3) is 0.769.